The lowest BCUT2D eigenvalue weighted by molar-refractivity contribution is 0.100. The molecule has 0 saturated carbocycles. The number of hydrogen-bond donors (Lipinski definition) is 2. The summed E-state index contributed by atoms with van der Waals surface area (Å²) >= 11 is 1.55. The summed E-state index contributed by atoms with van der Waals surface area (Å²) in [6, 6.07) is 15.9. The fourth-order valence-electron chi connectivity index (χ4n) is 4.05. The van der Waals surface area contributed by atoms with E-state index in [1.807, 2.05) is 35.7 Å². The number of hydrogen-bond acceptors (Lipinski definition) is 6. The van der Waals surface area contributed by atoms with Gasteiger partial charge in [0.05, 0.1) is 10.6 Å². The second-order valence-corrected chi connectivity index (χ2v) is 8.72. The molecule has 0 saturated heterocycles. The number of benzene rings is 2. The molecular weight excluding hydrogens is 406 g/mol. The Kier molecular flexibility index (Phi) is 5.13. The van der Waals surface area contributed by atoms with Crippen LogP contribution in [-0.2, 0) is 19.5 Å². The van der Waals surface area contributed by atoms with Crippen LogP contribution < -0.4 is 11.1 Å². The first kappa shape index (κ1) is 19.7. The van der Waals surface area contributed by atoms with Crippen LogP contribution in [0.15, 0.2) is 53.9 Å². The van der Waals surface area contributed by atoms with E-state index in [1.165, 1.54) is 11.1 Å². The van der Waals surface area contributed by atoms with Crippen molar-refractivity contribution in [1.82, 2.24) is 14.9 Å². The second-order valence-electron chi connectivity index (χ2n) is 7.84. The molecule has 1 aliphatic rings. The molecule has 0 bridgehead atoms. The molecule has 0 fully saturated rings. The fraction of sp³-hybridized carbons (Fsp3) is 0.208. The minimum Gasteiger partial charge on any atom is -0.366 e. The van der Waals surface area contributed by atoms with Gasteiger partial charge in [0.15, 0.2) is 5.82 Å². The van der Waals surface area contributed by atoms with E-state index in [-0.39, 0.29) is 0 Å². The summed E-state index contributed by atoms with van der Waals surface area (Å²) in [7, 11) is 2.11. The maximum atomic E-state index is 11.8. The normalized spacial score (nSPS) is 13.8. The van der Waals surface area contributed by atoms with Crippen molar-refractivity contribution in [3.05, 3.63) is 76.3 Å². The molecule has 0 unspecified atom stereocenters. The van der Waals surface area contributed by atoms with Gasteiger partial charge in [0.25, 0.3) is 0 Å². The first-order valence-electron chi connectivity index (χ1n) is 10.3. The number of likely N-dealkylation sites (N-methyl/N-ethyl adjacent to an activating group) is 1. The summed E-state index contributed by atoms with van der Waals surface area (Å²) < 4.78 is 0. The minimum absolute atomic E-state index is 0.423. The van der Waals surface area contributed by atoms with Gasteiger partial charge in [-0.3, -0.25) is 4.79 Å². The van der Waals surface area contributed by atoms with Gasteiger partial charge in [-0.15, -0.1) is 11.3 Å². The smallest absolute Gasteiger partial charge is 0.249 e. The van der Waals surface area contributed by atoms with E-state index in [2.05, 4.69) is 29.4 Å². The van der Waals surface area contributed by atoms with Crippen LogP contribution in [0.25, 0.3) is 21.5 Å². The van der Waals surface area contributed by atoms with Crippen molar-refractivity contribution in [2.24, 2.45) is 5.73 Å². The summed E-state index contributed by atoms with van der Waals surface area (Å²) in [6.07, 6.45) is 0.917. The highest BCUT2D eigenvalue weighted by molar-refractivity contribution is 7.15. The average Bonchev–Trinajstić information content (AvgIpc) is 3.22. The van der Waals surface area contributed by atoms with Crippen LogP contribution in [0.5, 0.6) is 0 Å². The number of rotatable bonds is 5. The number of nitrogens with zero attached hydrogens (tertiary/aromatic N) is 3. The molecule has 2 aromatic carbocycles. The molecule has 3 heterocycles. The Morgan fingerprint density at radius 2 is 1.97 bits per heavy atom. The van der Waals surface area contributed by atoms with Gasteiger partial charge in [-0.05, 0) is 25.1 Å². The van der Waals surface area contributed by atoms with Gasteiger partial charge in [0, 0.05) is 46.9 Å². The lowest BCUT2D eigenvalue weighted by Gasteiger charge is -2.26. The molecule has 2 aromatic heterocycles. The zero-order valence-electron chi connectivity index (χ0n) is 17.3. The third kappa shape index (κ3) is 3.78. The van der Waals surface area contributed by atoms with Crippen LogP contribution in [0.2, 0.25) is 0 Å². The number of nitrogens with two attached hydrogens (primary N) is 1. The number of thiophene rings is 1. The van der Waals surface area contributed by atoms with Gasteiger partial charge in [-0.25, -0.2) is 9.97 Å². The van der Waals surface area contributed by atoms with Crippen LogP contribution in [0.3, 0.4) is 0 Å². The Balaban J connectivity index is 1.59. The lowest BCUT2D eigenvalue weighted by atomic mass is 10.0. The highest BCUT2D eigenvalue weighted by Gasteiger charge is 2.22. The Hall–Kier alpha value is -3.29. The first-order valence-corrected chi connectivity index (χ1v) is 11.1. The molecule has 6 nitrogen and oxygen atoms in total. The minimum atomic E-state index is -0.423. The molecule has 4 aromatic rings. The third-order valence-corrected chi connectivity index (χ3v) is 6.66. The molecule has 0 aliphatic carbocycles. The van der Waals surface area contributed by atoms with Gasteiger partial charge in [-0.2, -0.15) is 0 Å². The van der Waals surface area contributed by atoms with Gasteiger partial charge >= 0.3 is 0 Å². The largest absolute Gasteiger partial charge is 0.366 e. The number of fused-ring (bicyclic) bond motifs is 2. The number of nitrogens with one attached hydrogen (secondary N) is 1. The Morgan fingerprint density at radius 1 is 1.13 bits per heavy atom. The number of primary amides is 1. The molecule has 0 spiro atoms. The van der Waals surface area contributed by atoms with Crippen LogP contribution in [0.1, 0.15) is 27.2 Å². The Morgan fingerprint density at radius 3 is 2.77 bits per heavy atom. The molecule has 0 radical (unpaired) electrons. The van der Waals surface area contributed by atoms with E-state index in [1.54, 1.807) is 17.4 Å². The maximum Gasteiger partial charge on any atom is 0.249 e. The lowest BCUT2D eigenvalue weighted by Crippen LogP contribution is -2.28. The summed E-state index contributed by atoms with van der Waals surface area (Å²) in [5.74, 6) is 1.16. The van der Waals surface area contributed by atoms with E-state index in [9.17, 15) is 4.79 Å². The van der Waals surface area contributed by atoms with Crippen molar-refractivity contribution in [2.45, 2.75) is 19.5 Å². The Labute approximate surface area is 184 Å². The highest BCUT2D eigenvalue weighted by atomic mass is 32.1. The molecule has 5 rings (SSSR count). The van der Waals surface area contributed by atoms with E-state index >= 15 is 0 Å². The molecule has 31 heavy (non-hydrogen) atoms. The van der Waals surface area contributed by atoms with E-state index in [4.69, 9.17) is 15.7 Å². The van der Waals surface area contributed by atoms with Crippen molar-refractivity contribution in [3.8, 4) is 10.7 Å². The van der Waals surface area contributed by atoms with Gasteiger partial charge < -0.3 is 16.0 Å². The average molecular weight is 430 g/mol. The number of amides is 1. The third-order valence-electron chi connectivity index (χ3n) is 5.67. The van der Waals surface area contributed by atoms with Gasteiger partial charge in [0.1, 0.15) is 5.82 Å². The predicted molar refractivity (Wildman–Crippen MR) is 125 cm³/mol. The summed E-state index contributed by atoms with van der Waals surface area (Å²) in [5.41, 5.74) is 9.55. The van der Waals surface area contributed by atoms with Crippen LogP contribution in [-0.4, -0.2) is 34.4 Å². The molecule has 156 valence electrons. The van der Waals surface area contributed by atoms with Crippen molar-refractivity contribution in [1.29, 1.82) is 0 Å². The van der Waals surface area contributed by atoms with E-state index < -0.39 is 5.91 Å². The van der Waals surface area contributed by atoms with Crippen molar-refractivity contribution in [3.63, 3.8) is 0 Å². The number of anilines is 1. The zero-order valence-corrected chi connectivity index (χ0v) is 18.1. The molecule has 7 heteroatoms. The summed E-state index contributed by atoms with van der Waals surface area (Å²) in [6.45, 7) is 2.48. The van der Waals surface area contributed by atoms with Gasteiger partial charge in [-0.1, -0.05) is 42.5 Å². The van der Waals surface area contributed by atoms with Crippen molar-refractivity contribution in [2.75, 3.05) is 18.9 Å². The maximum absolute atomic E-state index is 11.8. The van der Waals surface area contributed by atoms with E-state index in [0.29, 0.717) is 17.9 Å². The molecule has 1 aliphatic heterocycles. The monoisotopic (exact) mass is 429 g/mol. The highest BCUT2D eigenvalue weighted by Crippen LogP contribution is 2.36. The molecule has 1 amide bonds. The summed E-state index contributed by atoms with van der Waals surface area (Å²) in [5, 5.41) is 7.33. The fourth-order valence-corrected chi connectivity index (χ4v) is 5.04. The zero-order chi connectivity index (χ0) is 21.4. The topological polar surface area (TPSA) is 84.1 Å². The number of carbonyl (C=O) groups is 1. The SMILES string of the molecule is CN1CCc2c(nc(-c3scc4c(C(N)=O)cccc34)nc2NCc2ccccc2)C1. The van der Waals surface area contributed by atoms with Gasteiger partial charge in [0.2, 0.25) is 5.91 Å². The number of aromatic nitrogens is 2. The van der Waals surface area contributed by atoms with Crippen LogP contribution >= 0.6 is 11.3 Å². The van der Waals surface area contributed by atoms with Crippen LogP contribution in [0.4, 0.5) is 5.82 Å². The van der Waals surface area contributed by atoms with Crippen LogP contribution in [0, 0.1) is 0 Å². The predicted octanol–water partition coefficient (Wildman–Crippen LogP) is 4.06. The number of carbonyl (C=O) groups excluding carboxylic acids is 1. The summed E-state index contributed by atoms with van der Waals surface area (Å²) in [4.78, 5) is 25.0. The molecule has 0 atom stereocenters. The molecular formula is C24H23N5OS. The second kappa shape index (κ2) is 8.09. The molecule has 3 N–H and O–H groups in total. The first-order chi connectivity index (χ1) is 15.1. The van der Waals surface area contributed by atoms with E-state index in [0.717, 1.165) is 46.7 Å². The quantitative estimate of drug-likeness (QED) is 0.500. The standard InChI is InChI=1S/C24H23N5OS/c1-29-11-10-18-20(13-29)27-24(28-23(18)26-12-15-6-3-2-4-7-15)21-16-8-5-9-17(22(25)30)19(16)14-31-21/h2-9,14H,10-13H2,1H3,(H2,25,30)(H,26,27,28). The van der Waals surface area contributed by atoms with Crippen molar-refractivity contribution < 1.29 is 4.79 Å². The Bertz CT molecular complexity index is 1270. The van der Waals surface area contributed by atoms with Crippen molar-refractivity contribution >= 4 is 33.8 Å².